The van der Waals surface area contributed by atoms with Crippen molar-refractivity contribution in [3.05, 3.63) is 52.1 Å². The van der Waals surface area contributed by atoms with E-state index >= 15 is 0 Å². The molecule has 0 aliphatic rings. The lowest BCUT2D eigenvalue weighted by molar-refractivity contribution is 0.520. The maximum Gasteiger partial charge on any atom is 0.262 e. The van der Waals surface area contributed by atoms with Gasteiger partial charge in [0, 0.05) is 14.1 Å². The Balaban J connectivity index is 2.57. The molecule has 0 radical (unpaired) electrons. The van der Waals surface area contributed by atoms with E-state index in [1.54, 1.807) is 13.8 Å². The van der Waals surface area contributed by atoms with Crippen molar-refractivity contribution in [3.8, 4) is 0 Å². The largest absolute Gasteiger partial charge is 0.280 e. The zero-order valence-corrected chi connectivity index (χ0v) is 18.3. The predicted octanol–water partition coefficient (Wildman–Crippen LogP) is 3.28. The summed E-state index contributed by atoms with van der Waals surface area (Å²) in [7, 11) is -4.68. The summed E-state index contributed by atoms with van der Waals surface area (Å²) < 4.78 is 54.4. The molecule has 2 rings (SSSR count). The van der Waals surface area contributed by atoms with Crippen molar-refractivity contribution in [2.45, 2.75) is 44.4 Å². The molecule has 0 amide bonds. The van der Waals surface area contributed by atoms with Gasteiger partial charge in [0.05, 0.1) is 15.5 Å². The van der Waals surface area contributed by atoms with Gasteiger partial charge in [0.2, 0.25) is 10.0 Å². The molecule has 0 fully saturated rings. The standard InChI is InChI=1S/C19H26N2O4S2/c1-12-13(2)15(4)19(16(5)14(12)3)26(22,23)20-17-9-8-10-18(11-17)27(24,25)21(6)7/h8-11,20H,1-7H3. The average molecular weight is 411 g/mol. The van der Waals surface area contributed by atoms with Crippen LogP contribution in [0.5, 0.6) is 0 Å². The van der Waals surface area contributed by atoms with E-state index in [0.29, 0.717) is 11.1 Å². The van der Waals surface area contributed by atoms with Crippen molar-refractivity contribution in [3.63, 3.8) is 0 Å². The topological polar surface area (TPSA) is 83.5 Å². The van der Waals surface area contributed by atoms with E-state index in [1.165, 1.54) is 38.4 Å². The third-order valence-corrected chi connectivity index (χ3v) is 8.53. The summed E-state index contributed by atoms with van der Waals surface area (Å²) in [6.07, 6.45) is 0. The first-order valence-corrected chi connectivity index (χ1v) is 11.4. The van der Waals surface area contributed by atoms with Crippen molar-refractivity contribution in [1.29, 1.82) is 0 Å². The lowest BCUT2D eigenvalue weighted by Gasteiger charge is -2.19. The van der Waals surface area contributed by atoms with Gasteiger partial charge in [-0.2, -0.15) is 0 Å². The molecule has 0 spiro atoms. The van der Waals surface area contributed by atoms with Crippen LogP contribution >= 0.6 is 0 Å². The molecule has 0 unspecified atom stereocenters. The molecule has 2 aromatic carbocycles. The summed E-state index contributed by atoms with van der Waals surface area (Å²) in [5, 5.41) is 0. The van der Waals surface area contributed by atoms with E-state index in [0.717, 1.165) is 21.0 Å². The quantitative estimate of drug-likeness (QED) is 0.820. The van der Waals surface area contributed by atoms with Gasteiger partial charge in [-0.05, 0) is 80.6 Å². The van der Waals surface area contributed by atoms with Crippen molar-refractivity contribution < 1.29 is 16.8 Å². The molecule has 6 nitrogen and oxygen atoms in total. The van der Waals surface area contributed by atoms with E-state index in [1.807, 2.05) is 20.8 Å². The third-order valence-electron chi connectivity index (χ3n) is 5.06. The van der Waals surface area contributed by atoms with E-state index < -0.39 is 20.0 Å². The van der Waals surface area contributed by atoms with Crippen LogP contribution in [0.3, 0.4) is 0 Å². The molecule has 8 heteroatoms. The van der Waals surface area contributed by atoms with Crippen LogP contribution in [0, 0.1) is 34.6 Å². The number of nitrogens with one attached hydrogen (secondary N) is 1. The smallest absolute Gasteiger partial charge is 0.262 e. The van der Waals surface area contributed by atoms with Gasteiger partial charge in [-0.25, -0.2) is 21.1 Å². The summed E-state index contributed by atoms with van der Waals surface area (Å²) in [6.45, 7) is 9.36. The maximum atomic E-state index is 13.1. The minimum Gasteiger partial charge on any atom is -0.280 e. The summed E-state index contributed by atoms with van der Waals surface area (Å²) in [6, 6.07) is 5.81. The molecule has 0 aromatic heterocycles. The fraction of sp³-hybridized carbons (Fsp3) is 0.368. The number of nitrogens with zero attached hydrogens (tertiary/aromatic N) is 1. The predicted molar refractivity (Wildman–Crippen MR) is 108 cm³/mol. The lowest BCUT2D eigenvalue weighted by Crippen LogP contribution is -2.22. The van der Waals surface area contributed by atoms with Crippen LogP contribution in [0.2, 0.25) is 0 Å². The first kappa shape index (κ1) is 21.4. The van der Waals surface area contributed by atoms with Crippen molar-refractivity contribution >= 4 is 25.7 Å². The third kappa shape index (κ3) is 3.88. The van der Waals surface area contributed by atoms with Crippen LogP contribution in [0.25, 0.3) is 0 Å². The normalized spacial score (nSPS) is 12.4. The first-order valence-electron chi connectivity index (χ1n) is 8.43. The SMILES string of the molecule is Cc1c(C)c(C)c(S(=O)(=O)Nc2cccc(S(=O)(=O)N(C)C)c2)c(C)c1C. The van der Waals surface area contributed by atoms with Gasteiger partial charge in [0.25, 0.3) is 10.0 Å². The first-order chi connectivity index (χ1) is 12.3. The highest BCUT2D eigenvalue weighted by Gasteiger charge is 2.24. The summed E-state index contributed by atoms with van der Waals surface area (Å²) in [5.74, 6) is 0. The molecular formula is C19H26N2O4S2. The Morgan fingerprint density at radius 2 is 1.26 bits per heavy atom. The van der Waals surface area contributed by atoms with Gasteiger partial charge in [-0.15, -0.1) is 0 Å². The summed E-state index contributed by atoms with van der Waals surface area (Å²) in [5.41, 5.74) is 4.53. The molecule has 2 aromatic rings. The molecule has 0 atom stereocenters. The lowest BCUT2D eigenvalue weighted by atomic mass is 9.95. The van der Waals surface area contributed by atoms with Gasteiger partial charge in [-0.3, -0.25) is 4.72 Å². The monoisotopic (exact) mass is 410 g/mol. The zero-order valence-electron chi connectivity index (χ0n) is 16.7. The average Bonchev–Trinajstić information content (AvgIpc) is 2.57. The number of hydrogen-bond acceptors (Lipinski definition) is 4. The zero-order chi connectivity index (χ0) is 20.7. The fourth-order valence-corrected chi connectivity index (χ4v) is 5.61. The number of anilines is 1. The number of rotatable bonds is 5. The van der Waals surface area contributed by atoms with Gasteiger partial charge >= 0.3 is 0 Å². The maximum absolute atomic E-state index is 13.1. The Morgan fingerprint density at radius 3 is 1.74 bits per heavy atom. The molecule has 148 valence electrons. The molecule has 0 aliphatic carbocycles. The molecule has 0 saturated heterocycles. The highest BCUT2D eigenvalue weighted by Crippen LogP contribution is 2.31. The molecule has 0 bridgehead atoms. The summed E-state index contributed by atoms with van der Waals surface area (Å²) in [4.78, 5) is 0.265. The van der Waals surface area contributed by atoms with Gasteiger partial charge in [0.1, 0.15) is 0 Å². The highest BCUT2D eigenvalue weighted by molar-refractivity contribution is 7.92. The molecular weight excluding hydrogens is 384 g/mol. The minimum absolute atomic E-state index is 0.0254. The Morgan fingerprint density at radius 1 is 0.778 bits per heavy atom. The van der Waals surface area contributed by atoms with Crippen LogP contribution < -0.4 is 4.72 Å². The number of benzene rings is 2. The van der Waals surface area contributed by atoms with Crippen molar-refractivity contribution in [2.24, 2.45) is 0 Å². The Kier molecular flexibility index (Phi) is 5.75. The van der Waals surface area contributed by atoms with E-state index in [2.05, 4.69) is 4.72 Å². The number of sulfonamides is 2. The molecule has 0 saturated carbocycles. The second kappa shape index (κ2) is 7.26. The second-order valence-electron chi connectivity index (χ2n) is 6.87. The number of hydrogen-bond donors (Lipinski definition) is 1. The molecule has 0 aliphatic heterocycles. The Labute approximate surface area is 162 Å². The van der Waals surface area contributed by atoms with Crippen LogP contribution in [0.1, 0.15) is 27.8 Å². The van der Waals surface area contributed by atoms with E-state index in [4.69, 9.17) is 0 Å². The Hall–Kier alpha value is -1.90. The molecule has 1 N–H and O–H groups in total. The molecule has 27 heavy (non-hydrogen) atoms. The van der Waals surface area contributed by atoms with Crippen LogP contribution in [-0.2, 0) is 20.0 Å². The van der Waals surface area contributed by atoms with Gasteiger partial charge < -0.3 is 0 Å². The highest BCUT2D eigenvalue weighted by atomic mass is 32.2. The van der Waals surface area contributed by atoms with Crippen LogP contribution in [0.4, 0.5) is 5.69 Å². The van der Waals surface area contributed by atoms with Crippen molar-refractivity contribution in [1.82, 2.24) is 4.31 Å². The molecule has 0 heterocycles. The van der Waals surface area contributed by atoms with Gasteiger partial charge in [0.15, 0.2) is 0 Å². The second-order valence-corrected chi connectivity index (χ2v) is 10.6. The van der Waals surface area contributed by atoms with Gasteiger partial charge in [-0.1, -0.05) is 6.07 Å². The van der Waals surface area contributed by atoms with E-state index in [9.17, 15) is 16.8 Å². The van der Waals surface area contributed by atoms with Crippen LogP contribution in [0.15, 0.2) is 34.1 Å². The minimum atomic E-state index is -3.88. The van der Waals surface area contributed by atoms with Crippen LogP contribution in [-0.4, -0.2) is 35.2 Å². The Bertz CT molecular complexity index is 1070. The van der Waals surface area contributed by atoms with Crippen molar-refractivity contribution in [2.75, 3.05) is 18.8 Å². The fourth-order valence-electron chi connectivity index (χ4n) is 3.01. The van der Waals surface area contributed by atoms with E-state index in [-0.39, 0.29) is 15.5 Å². The summed E-state index contributed by atoms with van der Waals surface area (Å²) >= 11 is 0.